The molecular weight excluding hydrogens is 280 g/mol. The zero-order chi connectivity index (χ0) is 15.2. The Morgan fingerprint density at radius 2 is 1.95 bits per heavy atom. The Labute approximate surface area is 119 Å². The van der Waals surface area contributed by atoms with E-state index in [9.17, 15) is 13.2 Å². The fourth-order valence-electron chi connectivity index (χ4n) is 1.60. The van der Waals surface area contributed by atoms with Gasteiger partial charge in [0, 0.05) is 6.54 Å². The lowest BCUT2D eigenvalue weighted by Gasteiger charge is -2.10. The molecule has 0 heterocycles. The number of nitrogens with two attached hydrogens (primary N) is 1. The predicted octanol–water partition coefficient (Wildman–Crippen LogP) is 0.554. The molecule has 20 heavy (non-hydrogen) atoms. The minimum atomic E-state index is -3.51. The Balaban J connectivity index is 2.45. The van der Waals surface area contributed by atoms with E-state index >= 15 is 0 Å². The number of carbonyl (C=O) groups excluding carboxylic acids is 1. The lowest BCUT2D eigenvalue weighted by Crippen LogP contribution is -2.33. The van der Waals surface area contributed by atoms with Crippen LogP contribution >= 0.6 is 0 Å². The van der Waals surface area contributed by atoms with Crippen LogP contribution in [0.5, 0.6) is 0 Å². The molecule has 0 amide bonds. The Hall–Kier alpha value is -1.44. The number of benzene rings is 1. The molecular formula is C13H20N2O4S. The van der Waals surface area contributed by atoms with Gasteiger partial charge in [0.05, 0.1) is 12.0 Å². The molecule has 0 fully saturated rings. The second-order valence-electron chi connectivity index (χ2n) is 4.48. The van der Waals surface area contributed by atoms with Crippen LogP contribution in [0.15, 0.2) is 29.2 Å². The van der Waals surface area contributed by atoms with E-state index in [0.717, 1.165) is 5.56 Å². The molecule has 0 bridgehead atoms. The van der Waals surface area contributed by atoms with E-state index in [1.54, 1.807) is 24.3 Å². The SMILES string of the molecule is COC(=O)[C@@H](N)CCCNS(=O)(=O)c1ccc(C)cc1. The summed E-state index contributed by atoms with van der Waals surface area (Å²) < 4.78 is 30.8. The van der Waals surface area contributed by atoms with E-state index in [4.69, 9.17) is 5.73 Å². The second-order valence-corrected chi connectivity index (χ2v) is 6.25. The molecule has 0 saturated carbocycles. The van der Waals surface area contributed by atoms with Crippen molar-refractivity contribution in [2.24, 2.45) is 5.73 Å². The maximum Gasteiger partial charge on any atom is 0.322 e. The van der Waals surface area contributed by atoms with Gasteiger partial charge in [0.25, 0.3) is 0 Å². The number of esters is 1. The quantitative estimate of drug-likeness (QED) is 0.566. The van der Waals surface area contributed by atoms with Gasteiger partial charge in [-0.25, -0.2) is 13.1 Å². The number of hydrogen-bond acceptors (Lipinski definition) is 5. The van der Waals surface area contributed by atoms with E-state index in [1.807, 2.05) is 6.92 Å². The summed E-state index contributed by atoms with van der Waals surface area (Å²) in [4.78, 5) is 11.3. The van der Waals surface area contributed by atoms with Crippen LogP contribution in [0.1, 0.15) is 18.4 Å². The molecule has 3 N–H and O–H groups in total. The van der Waals surface area contributed by atoms with Crippen LogP contribution in [0.3, 0.4) is 0 Å². The molecule has 0 aromatic heterocycles. The van der Waals surface area contributed by atoms with Gasteiger partial charge in [-0.2, -0.15) is 0 Å². The topological polar surface area (TPSA) is 98.5 Å². The fraction of sp³-hybridized carbons (Fsp3) is 0.462. The standard InChI is InChI=1S/C13H20N2O4S/c1-10-5-7-11(8-6-10)20(17,18)15-9-3-4-12(14)13(16)19-2/h5-8,12,15H,3-4,9,14H2,1-2H3/t12-/m0/s1. The third-order valence-corrected chi connectivity index (χ3v) is 4.30. The van der Waals surface area contributed by atoms with Crippen LogP contribution in [0.2, 0.25) is 0 Å². The minimum Gasteiger partial charge on any atom is -0.468 e. The maximum absolute atomic E-state index is 11.9. The molecule has 0 aliphatic rings. The third kappa shape index (κ3) is 4.92. The van der Waals surface area contributed by atoms with E-state index < -0.39 is 22.0 Å². The average molecular weight is 300 g/mol. The van der Waals surface area contributed by atoms with Crippen LogP contribution in [-0.2, 0) is 19.6 Å². The first-order valence-corrected chi connectivity index (χ1v) is 7.75. The molecule has 1 aromatic rings. The number of hydrogen-bond donors (Lipinski definition) is 2. The van der Waals surface area contributed by atoms with Gasteiger partial charge in [-0.1, -0.05) is 17.7 Å². The van der Waals surface area contributed by atoms with Crippen molar-refractivity contribution in [2.45, 2.75) is 30.7 Å². The molecule has 7 heteroatoms. The lowest BCUT2D eigenvalue weighted by molar-refractivity contribution is -0.142. The van der Waals surface area contributed by atoms with Crippen molar-refractivity contribution in [3.63, 3.8) is 0 Å². The molecule has 0 radical (unpaired) electrons. The van der Waals surface area contributed by atoms with E-state index in [2.05, 4.69) is 9.46 Å². The molecule has 0 unspecified atom stereocenters. The van der Waals surface area contributed by atoms with Crippen molar-refractivity contribution in [1.82, 2.24) is 4.72 Å². The van der Waals surface area contributed by atoms with E-state index in [1.165, 1.54) is 7.11 Å². The zero-order valence-electron chi connectivity index (χ0n) is 11.6. The summed E-state index contributed by atoms with van der Waals surface area (Å²) in [7, 11) is -2.24. The van der Waals surface area contributed by atoms with Crippen LogP contribution in [0.4, 0.5) is 0 Å². The maximum atomic E-state index is 11.9. The van der Waals surface area contributed by atoms with Gasteiger partial charge < -0.3 is 10.5 Å². The smallest absolute Gasteiger partial charge is 0.322 e. The summed E-state index contributed by atoms with van der Waals surface area (Å²) in [6.45, 7) is 2.11. The molecule has 112 valence electrons. The monoisotopic (exact) mass is 300 g/mol. The van der Waals surface area contributed by atoms with Gasteiger partial charge in [-0.3, -0.25) is 4.79 Å². The number of aryl methyl sites for hydroxylation is 1. The highest BCUT2D eigenvalue weighted by Crippen LogP contribution is 2.09. The molecule has 0 spiro atoms. The first kappa shape index (κ1) is 16.6. The zero-order valence-corrected chi connectivity index (χ0v) is 12.4. The van der Waals surface area contributed by atoms with Crippen molar-refractivity contribution in [3.05, 3.63) is 29.8 Å². The third-order valence-electron chi connectivity index (χ3n) is 2.82. The van der Waals surface area contributed by atoms with Crippen molar-refractivity contribution in [1.29, 1.82) is 0 Å². The highest BCUT2D eigenvalue weighted by atomic mass is 32.2. The largest absolute Gasteiger partial charge is 0.468 e. The van der Waals surface area contributed by atoms with Gasteiger partial charge in [0.2, 0.25) is 10.0 Å². The molecule has 0 aliphatic heterocycles. The van der Waals surface area contributed by atoms with Crippen molar-refractivity contribution >= 4 is 16.0 Å². The molecule has 0 aliphatic carbocycles. The Bertz CT molecular complexity index is 540. The minimum absolute atomic E-state index is 0.223. The van der Waals surface area contributed by atoms with Gasteiger partial charge in [-0.15, -0.1) is 0 Å². The summed E-state index contributed by atoms with van der Waals surface area (Å²) in [5.41, 5.74) is 6.55. The van der Waals surface area contributed by atoms with Crippen LogP contribution < -0.4 is 10.5 Å². The highest BCUT2D eigenvalue weighted by Gasteiger charge is 2.15. The van der Waals surface area contributed by atoms with E-state index in [0.29, 0.717) is 12.8 Å². The summed E-state index contributed by atoms with van der Waals surface area (Å²) in [5, 5.41) is 0. The fourth-order valence-corrected chi connectivity index (χ4v) is 2.67. The number of sulfonamides is 1. The average Bonchev–Trinajstić information content (AvgIpc) is 2.43. The van der Waals surface area contributed by atoms with Gasteiger partial charge in [0.15, 0.2) is 0 Å². The molecule has 1 aromatic carbocycles. The summed E-state index contributed by atoms with van der Waals surface area (Å²) in [5.74, 6) is -0.494. The van der Waals surface area contributed by atoms with Crippen molar-refractivity contribution in [2.75, 3.05) is 13.7 Å². The van der Waals surface area contributed by atoms with Gasteiger partial charge in [0.1, 0.15) is 6.04 Å². The van der Waals surface area contributed by atoms with Crippen LogP contribution in [-0.4, -0.2) is 34.1 Å². The lowest BCUT2D eigenvalue weighted by atomic mass is 10.2. The van der Waals surface area contributed by atoms with Crippen molar-refractivity contribution < 1.29 is 17.9 Å². The predicted molar refractivity (Wildman–Crippen MR) is 75.6 cm³/mol. The number of carbonyl (C=O) groups is 1. The molecule has 0 saturated heterocycles. The summed E-state index contributed by atoms with van der Waals surface area (Å²) in [6.07, 6.45) is 0.824. The number of rotatable bonds is 7. The Morgan fingerprint density at radius 1 is 1.35 bits per heavy atom. The molecule has 1 rings (SSSR count). The normalized spacial score (nSPS) is 12.9. The Morgan fingerprint density at radius 3 is 2.50 bits per heavy atom. The van der Waals surface area contributed by atoms with Crippen LogP contribution in [0.25, 0.3) is 0 Å². The van der Waals surface area contributed by atoms with Gasteiger partial charge >= 0.3 is 5.97 Å². The first-order valence-electron chi connectivity index (χ1n) is 6.26. The first-order chi connectivity index (χ1) is 9.36. The highest BCUT2D eigenvalue weighted by molar-refractivity contribution is 7.89. The van der Waals surface area contributed by atoms with Crippen LogP contribution in [0, 0.1) is 6.92 Å². The molecule has 1 atom stereocenters. The summed E-state index contributed by atoms with van der Waals surface area (Å²) in [6, 6.07) is 5.86. The summed E-state index contributed by atoms with van der Waals surface area (Å²) >= 11 is 0. The van der Waals surface area contributed by atoms with Crippen molar-refractivity contribution in [3.8, 4) is 0 Å². The number of methoxy groups -OCH3 is 1. The van der Waals surface area contributed by atoms with Gasteiger partial charge in [-0.05, 0) is 31.9 Å². The molecule has 6 nitrogen and oxygen atoms in total. The Kier molecular flexibility index (Phi) is 6.12. The van der Waals surface area contributed by atoms with E-state index in [-0.39, 0.29) is 11.4 Å². The number of ether oxygens (including phenoxy) is 1. The second kappa shape index (κ2) is 7.37. The number of nitrogens with one attached hydrogen (secondary N) is 1.